The second-order valence-electron chi connectivity index (χ2n) is 7.20. The number of carbonyl (C=O) groups is 2. The van der Waals surface area contributed by atoms with Crippen molar-refractivity contribution in [3.63, 3.8) is 0 Å². The minimum absolute atomic E-state index is 0.115. The van der Waals surface area contributed by atoms with E-state index in [1.165, 1.54) is 22.4 Å². The van der Waals surface area contributed by atoms with Gasteiger partial charge in [0.25, 0.3) is 10.0 Å². The molecule has 31 heavy (non-hydrogen) atoms. The molecule has 0 aliphatic carbocycles. The first-order valence-corrected chi connectivity index (χ1v) is 13.2. The van der Waals surface area contributed by atoms with Gasteiger partial charge in [-0.1, -0.05) is 11.6 Å². The van der Waals surface area contributed by atoms with Gasteiger partial charge < -0.3 is 14.5 Å². The molecule has 4 rings (SSSR count). The number of hydrogen-bond acceptors (Lipinski definition) is 8. The fourth-order valence-electron chi connectivity index (χ4n) is 3.56. The first-order chi connectivity index (χ1) is 14.8. The van der Waals surface area contributed by atoms with Crippen LogP contribution in [0.4, 0.5) is 0 Å². The highest BCUT2D eigenvalue weighted by atomic mass is 35.5. The van der Waals surface area contributed by atoms with Gasteiger partial charge in [0.2, 0.25) is 16.2 Å². The predicted octanol–water partition coefficient (Wildman–Crippen LogP) is 1.65. The number of halogens is 1. The molecule has 2 aromatic rings. The largest absolute Gasteiger partial charge is 0.378 e. The van der Waals surface area contributed by atoms with Crippen LogP contribution in [0.3, 0.4) is 0 Å². The second-order valence-corrected chi connectivity index (χ2v) is 11.8. The summed E-state index contributed by atoms with van der Waals surface area (Å²) < 4.78 is 33.8. The number of likely N-dealkylation sites (tertiary alicyclic amines) is 1. The molecule has 2 fully saturated rings. The molecule has 9 nitrogen and oxygen atoms in total. The van der Waals surface area contributed by atoms with Crippen LogP contribution < -0.4 is 4.72 Å². The first-order valence-electron chi connectivity index (χ1n) is 9.67. The van der Waals surface area contributed by atoms with E-state index in [4.69, 9.17) is 16.3 Å². The van der Waals surface area contributed by atoms with Crippen LogP contribution >= 0.6 is 34.3 Å². The van der Waals surface area contributed by atoms with Crippen molar-refractivity contribution in [2.24, 2.45) is 0 Å². The van der Waals surface area contributed by atoms with E-state index in [0.29, 0.717) is 42.1 Å². The minimum atomic E-state index is -3.98. The smallest absolute Gasteiger partial charge is 0.268 e. The van der Waals surface area contributed by atoms with Crippen molar-refractivity contribution in [2.45, 2.75) is 29.8 Å². The summed E-state index contributed by atoms with van der Waals surface area (Å²) in [5, 5.41) is 0. The molecule has 2 aromatic heterocycles. The lowest BCUT2D eigenvalue weighted by Gasteiger charge is -2.32. The SMILES string of the molecule is C[C@@H](C(=O)N1CCOCC1)N1CC[C@H](NS(=O)(=O)c2ncc(-c3ccc(Cl)s3)s2)C1=O. The minimum Gasteiger partial charge on any atom is -0.378 e. The summed E-state index contributed by atoms with van der Waals surface area (Å²) in [5.41, 5.74) is 0. The lowest BCUT2D eigenvalue weighted by atomic mass is 10.2. The molecule has 2 aliphatic heterocycles. The molecular weight excluding hydrogens is 484 g/mol. The molecule has 2 amide bonds. The molecule has 2 saturated heterocycles. The topological polar surface area (TPSA) is 109 Å². The maximum Gasteiger partial charge on any atom is 0.268 e. The van der Waals surface area contributed by atoms with Crippen molar-refractivity contribution in [1.82, 2.24) is 19.5 Å². The van der Waals surface area contributed by atoms with E-state index < -0.39 is 28.0 Å². The molecule has 0 aromatic carbocycles. The summed E-state index contributed by atoms with van der Waals surface area (Å²) in [5.74, 6) is -0.557. The van der Waals surface area contributed by atoms with Gasteiger partial charge in [0.1, 0.15) is 12.1 Å². The molecule has 0 saturated carbocycles. The number of amides is 2. The van der Waals surface area contributed by atoms with Crippen LogP contribution in [0, 0.1) is 0 Å². The molecule has 168 valence electrons. The standard InChI is InChI=1S/C18H21ClN4O5S3/c1-11(16(24)22-6-8-28-9-7-22)23-5-4-12(17(23)25)21-31(26,27)18-20-10-14(30-18)13-2-3-15(19)29-13/h2-3,10-12,21H,4-9H2,1H3/t11-,12-/m0/s1. The number of nitrogens with zero attached hydrogens (tertiary/aromatic N) is 3. The van der Waals surface area contributed by atoms with Gasteiger partial charge in [-0.3, -0.25) is 9.59 Å². The number of thiophene rings is 1. The lowest BCUT2D eigenvalue weighted by molar-refractivity contribution is -0.146. The molecule has 1 N–H and O–H groups in total. The molecule has 2 aliphatic rings. The molecule has 0 spiro atoms. The van der Waals surface area contributed by atoms with Crippen molar-refractivity contribution in [1.29, 1.82) is 0 Å². The monoisotopic (exact) mass is 504 g/mol. The number of hydrogen-bond donors (Lipinski definition) is 1. The van der Waals surface area contributed by atoms with E-state index in [0.717, 1.165) is 16.2 Å². The lowest BCUT2D eigenvalue weighted by Crippen LogP contribution is -2.52. The fraction of sp³-hybridized carbons (Fsp3) is 0.500. The van der Waals surface area contributed by atoms with Gasteiger partial charge in [0, 0.05) is 30.7 Å². The summed E-state index contributed by atoms with van der Waals surface area (Å²) in [6, 6.07) is 1.96. The number of sulfonamides is 1. The highest BCUT2D eigenvalue weighted by molar-refractivity contribution is 7.91. The third kappa shape index (κ3) is 4.78. The normalized spacial score (nSPS) is 21.0. The Labute approximate surface area is 193 Å². The van der Waals surface area contributed by atoms with Gasteiger partial charge in [-0.15, -0.1) is 22.7 Å². The number of ether oxygens (including phenoxy) is 1. The molecular formula is C18H21ClN4O5S3. The Bertz CT molecular complexity index is 1080. The fourth-order valence-corrected chi connectivity index (χ4v) is 7.06. The van der Waals surface area contributed by atoms with Gasteiger partial charge in [-0.2, -0.15) is 4.72 Å². The summed E-state index contributed by atoms with van der Waals surface area (Å²) in [6.07, 6.45) is 1.77. The van der Waals surface area contributed by atoms with Crippen LogP contribution in [-0.4, -0.2) is 79.9 Å². The number of aromatic nitrogens is 1. The summed E-state index contributed by atoms with van der Waals surface area (Å²) in [4.78, 5) is 34.2. The maximum absolute atomic E-state index is 12.8. The van der Waals surface area contributed by atoms with Crippen molar-refractivity contribution in [3.05, 3.63) is 22.7 Å². The molecule has 0 radical (unpaired) electrons. The average molecular weight is 505 g/mol. The van der Waals surface area contributed by atoms with Gasteiger partial charge in [0.05, 0.1) is 22.4 Å². The van der Waals surface area contributed by atoms with Gasteiger partial charge in [-0.05, 0) is 25.5 Å². The van der Waals surface area contributed by atoms with Crippen molar-refractivity contribution >= 4 is 56.1 Å². The Morgan fingerprint density at radius 2 is 2.00 bits per heavy atom. The Balaban J connectivity index is 1.42. The highest BCUT2D eigenvalue weighted by Gasteiger charge is 2.40. The Hall–Kier alpha value is -1.57. The van der Waals surface area contributed by atoms with Crippen LogP contribution in [0.5, 0.6) is 0 Å². The Morgan fingerprint density at radius 3 is 2.68 bits per heavy atom. The Morgan fingerprint density at radius 1 is 1.26 bits per heavy atom. The maximum atomic E-state index is 12.8. The zero-order valence-electron chi connectivity index (χ0n) is 16.6. The van der Waals surface area contributed by atoms with E-state index in [9.17, 15) is 18.0 Å². The molecule has 0 bridgehead atoms. The van der Waals surface area contributed by atoms with E-state index in [1.807, 2.05) is 0 Å². The van der Waals surface area contributed by atoms with Crippen molar-refractivity contribution in [2.75, 3.05) is 32.8 Å². The van der Waals surface area contributed by atoms with E-state index in [2.05, 4.69) is 9.71 Å². The van der Waals surface area contributed by atoms with Gasteiger partial charge >= 0.3 is 0 Å². The Kier molecular flexibility index (Phi) is 6.65. The molecule has 2 atom stereocenters. The zero-order chi connectivity index (χ0) is 22.2. The highest BCUT2D eigenvalue weighted by Crippen LogP contribution is 2.35. The average Bonchev–Trinajstić information content (AvgIpc) is 3.49. The summed E-state index contributed by atoms with van der Waals surface area (Å²) in [7, 11) is -3.98. The first kappa shape index (κ1) is 22.6. The van der Waals surface area contributed by atoms with Crippen LogP contribution in [0.25, 0.3) is 9.75 Å². The molecule has 13 heteroatoms. The van der Waals surface area contributed by atoms with Crippen molar-refractivity contribution in [3.8, 4) is 9.75 Å². The number of rotatable bonds is 6. The third-order valence-electron chi connectivity index (χ3n) is 5.22. The summed E-state index contributed by atoms with van der Waals surface area (Å²) in [6.45, 7) is 3.91. The molecule has 4 heterocycles. The van der Waals surface area contributed by atoms with E-state index in [-0.39, 0.29) is 16.7 Å². The second kappa shape index (κ2) is 9.12. The number of nitrogens with one attached hydrogen (secondary N) is 1. The molecule has 0 unspecified atom stereocenters. The summed E-state index contributed by atoms with van der Waals surface area (Å²) >= 11 is 8.29. The zero-order valence-corrected chi connectivity index (χ0v) is 19.8. The van der Waals surface area contributed by atoms with Crippen LogP contribution in [0.1, 0.15) is 13.3 Å². The van der Waals surface area contributed by atoms with Crippen LogP contribution in [0.15, 0.2) is 22.7 Å². The number of morpholine rings is 1. The van der Waals surface area contributed by atoms with Crippen LogP contribution in [0.2, 0.25) is 4.34 Å². The van der Waals surface area contributed by atoms with Crippen molar-refractivity contribution < 1.29 is 22.7 Å². The number of carbonyl (C=O) groups excluding carboxylic acids is 2. The van der Waals surface area contributed by atoms with Gasteiger partial charge in [-0.25, -0.2) is 13.4 Å². The third-order valence-corrected chi connectivity index (χ3v) is 9.50. The predicted molar refractivity (Wildman–Crippen MR) is 118 cm³/mol. The number of thiazole rings is 1. The quantitative estimate of drug-likeness (QED) is 0.640. The van der Waals surface area contributed by atoms with E-state index in [1.54, 1.807) is 24.0 Å². The van der Waals surface area contributed by atoms with E-state index >= 15 is 0 Å². The van der Waals surface area contributed by atoms with Gasteiger partial charge in [0.15, 0.2) is 0 Å². The van der Waals surface area contributed by atoms with Crippen LogP contribution in [-0.2, 0) is 24.3 Å².